The fraction of sp³-hybridized carbons (Fsp3) is 0.419. The number of nitrogens with zero attached hydrogens (tertiary/aromatic N) is 2. The fourth-order valence-electron chi connectivity index (χ4n) is 12.1. The second kappa shape index (κ2) is 42.2. The number of aromatic nitrogens is 2. The number of unbranched alkanes of at least 4 members (excludes halogenated alkanes) is 10. The van der Waals surface area contributed by atoms with E-state index in [9.17, 15) is 0 Å². The number of rotatable bonds is 46. The predicted octanol–water partition coefficient (Wildman–Crippen LogP) is 27.1. The molecule has 6 nitrogen and oxygen atoms in total. The fourth-order valence-corrected chi connectivity index (χ4v) is 19.3. The Morgan fingerprint density at radius 1 is 0.293 bits per heavy atom. The van der Waals surface area contributed by atoms with Crippen molar-refractivity contribution in [3.63, 3.8) is 0 Å². The molecule has 0 N–H and O–H groups in total. The zero-order chi connectivity index (χ0) is 68.6. The van der Waals surface area contributed by atoms with Crippen LogP contribution in [0.5, 0.6) is 0 Å². The van der Waals surface area contributed by atoms with Crippen LogP contribution in [0.2, 0.25) is 0 Å². The number of thiophene rings is 6. The van der Waals surface area contributed by atoms with Gasteiger partial charge >= 0.3 is 0 Å². The van der Waals surface area contributed by atoms with Gasteiger partial charge in [-0.25, -0.2) is 0 Å². The summed E-state index contributed by atoms with van der Waals surface area (Å²) in [6.45, 7) is 19.8. The van der Waals surface area contributed by atoms with Crippen molar-refractivity contribution in [2.75, 3.05) is 52.9 Å². The van der Waals surface area contributed by atoms with E-state index in [1.807, 2.05) is 45.3 Å². The quantitative estimate of drug-likeness (QED) is 0.0354. The minimum Gasteiger partial charge on any atom is -0.381 e. The van der Waals surface area contributed by atoms with Gasteiger partial charge in [-0.2, -0.15) is 8.75 Å². The predicted molar refractivity (Wildman–Crippen MR) is 441 cm³/mol. The molecule has 0 bridgehead atoms. The summed E-state index contributed by atoms with van der Waals surface area (Å²) in [6, 6.07) is 37.1. The lowest BCUT2D eigenvalue weighted by Crippen LogP contribution is -2.00. The van der Waals surface area contributed by atoms with Crippen LogP contribution in [0, 0.1) is 0 Å². The van der Waals surface area contributed by atoms with Crippen LogP contribution in [0.15, 0.2) is 108 Å². The van der Waals surface area contributed by atoms with E-state index in [1.165, 1.54) is 179 Å². The molecule has 0 aliphatic rings. The first-order valence-electron chi connectivity index (χ1n) is 37.0. The molecule has 3 aromatic carbocycles. The van der Waals surface area contributed by atoms with Gasteiger partial charge in [0.25, 0.3) is 0 Å². The van der Waals surface area contributed by atoms with Gasteiger partial charge < -0.3 is 18.9 Å². The van der Waals surface area contributed by atoms with Gasteiger partial charge in [-0.15, -0.1) is 68.0 Å². The van der Waals surface area contributed by atoms with E-state index >= 15 is 0 Å². The third-order valence-electron chi connectivity index (χ3n) is 18.1. The Morgan fingerprint density at radius 2 is 0.626 bits per heavy atom. The summed E-state index contributed by atoms with van der Waals surface area (Å²) in [6.07, 6.45) is 42.8. The molecule has 10 rings (SSSR count). The molecule has 0 unspecified atom stereocenters. The van der Waals surface area contributed by atoms with Crippen molar-refractivity contribution in [1.82, 2.24) is 8.75 Å². The van der Waals surface area contributed by atoms with Gasteiger partial charge in [0.05, 0.1) is 38.2 Å². The molecular formula is C86H104N2O4S7. The Hall–Kier alpha value is -5.52. The van der Waals surface area contributed by atoms with Crippen molar-refractivity contribution in [2.24, 2.45) is 0 Å². The van der Waals surface area contributed by atoms with Crippen molar-refractivity contribution in [1.29, 1.82) is 0 Å². The summed E-state index contributed by atoms with van der Waals surface area (Å²) in [4.78, 5) is 13.2. The summed E-state index contributed by atoms with van der Waals surface area (Å²) in [5.74, 6) is 0. The third-order valence-corrected chi connectivity index (χ3v) is 25.5. The summed E-state index contributed by atoms with van der Waals surface area (Å²) in [5, 5.41) is 4.39. The first kappa shape index (κ1) is 76.1. The third kappa shape index (κ3) is 23.0. The van der Waals surface area contributed by atoms with Crippen LogP contribution in [0.1, 0.15) is 219 Å². The Morgan fingerprint density at radius 3 is 0.980 bits per heavy atom. The number of hydrogen-bond acceptors (Lipinski definition) is 13. The van der Waals surface area contributed by atoms with E-state index in [0.29, 0.717) is 13.2 Å². The molecule has 0 radical (unpaired) electrons. The highest BCUT2D eigenvalue weighted by molar-refractivity contribution is 7.25. The summed E-state index contributed by atoms with van der Waals surface area (Å²) >= 11 is 12.7. The van der Waals surface area contributed by atoms with Crippen LogP contribution in [0.25, 0.3) is 100 Å². The van der Waals surface area contributed by atoms with Gasteiger partial charge in [-0.1, -0.05) is 191 Å². The lowest BCUT2D eigenvalue weighted by Gasteiger charge is -2.03. The highest BCUT2D eigenvalue weighted by Gasteiger charge is 2.23. The molecule has 13 heteroatoms. The molecule has 7 heterocycles. The first-order chi connectivity index (χ1) is 48.9. The lowest BCUT2D eigenvalue weighted by atomic mass is 10.0. The van der Waals surface area contributed by atoms with Gasteiger partial charge in [0.15, 0.2) is 0 Å². The molecule has 0 saturated heterocycles. The van der Waals surface area contributed by atoms with Gasteiger partial charge in [-0.3, -0.25) is 0 Å². The standard InChI is InChI=1S/C86H104N2O4S7/c1-7-13-19-21-23-71-61-79(97-85(71)81-59-69(45-55-91-51-17-11-5)77(95-81)41-35-65-29-25-63(26-30-65)33-39-75-67(47-57-93-75)43-53-89-49-15-9-3)73-37-38-74(84-83(73)87-99-88-84)80-62-72(24-22-20-14-8-2)86(98-80)82-60-70(46-56-92-52-18-12-6)78(96-82)42-36-66-31-27-64(28-32-66)34-40-76-68(48-58-94-76)44-54-90-50-16-10-4/h25-42,47-48,57-62H,7-24,43-46,49-56H2,1-6H3/b39-33+,40-34+,41-35+,42-36+. The maximum Gasteiger partial charge on any atom is 0.114 e. The van der Waals surface area contributed by atoms with Crippen LogP contribution in [0.3, 0.4) is 0 Å². The summed E-state index contributed by atoms with van der Waals surface area (Å²) in [5.41, 5.74) is 17.4. The molecule has 0 atom stereocenters. The molecule has 0 saturated carbocycles. The molecule has 10 aromatic rings. The summed E-state index contributed by atoms with van der Waals surface area (Å²) in [7, 11) is 0. The van der Waals surface area contributed by atoms with E-state index in [-0.39, 0.29) is 0 Å². The van der Waals surface area contributed by atoms with Crippen molar-refractivity contribution >= 4 is 139 Å². The van der Waals surface area contributed by atoms with Crippen LogP contribution >= 0.6 is 79.7 Å². The molecule has 524 valence electrons. The lowest BCUT2D eigenvalue weighted by molar-refractivity contribution is 0.134. The Labute approximate surface area is 621 Å². The zero-order valence-corrected chi connectivity index (χ0v) is 65.3. The van der Waals surface area contributed by atoms with Gasteiger partial charge in [-0.05, 0) is 204 Å². The molecule has 7 aromatic heterocycles. The number of ether oxygens (including phenoxy) is 4. The largest absolute Gasteiger partial charge is 0.381 e. The van der Waals surface area contributed by atoms with Crippen LogP contribution in [-0.4, -0.2) is 61.6 Å². The topological polar surface area (TPSA) is 62.7 Å². The normalized spacial score (nSPS) is 12.1. The molecule has 0 spiro atoms. The van der Waals surface area contributed by atoms with E-state index in [0.717, 1.165) is 141 Å². The van der Waals surface area contributed by atoms with Crippen molar-refractivity contribution < 1.29 is 18.9 Å². The first-order valence-corrected chi connectivity index (χ1v) is 42.8. The van der Waals surface area contributed by atoms with Crippen molar-refractivity contribution in [2.45, 2.75) is 183 Å². The van der Waals surface area contributed by atoms with Gasteiger partial charge in [0.1, 0.15) is 11.0 Å². The van der Waals surface area contributed by atoms with Crippen molar-refractivity contribution in [3.05, 3.63) is 183 Å². The van der Waals surface area contributed by atoms with Crippen LogP contribution < -0.4 is 0 Å². The maximum absolute atomic E-state index is 6.24. The number of aryl methyl sites for hydroxylation is 2. The SMILES string of the molecule is CCCCCCc1cc(-c2ccc(-c3cc(CCCCCC)c(-c4cc(CCOCCCC)c(/C=C/c5ccc(/C=C/c6sccc6CCOCCCC)cc5)s4)s3)c3nsnc23)sc1-c1cc(CCOCCCC)c(/C=C/c2ccc(/C=C/c3sccc3CCOCCCC)cc2)s1. The Balaban J connectivity index is 0.914. The van der Waals surface area contributed by atoms with Crippen LogP contribution in [-0.2, 0) is 57.5 Å². The highest BCUT2D eigenvalue weighted by Crippen LogP contribution is 2.49. The molecule has 99 heavy (non-hydrogen) atoms. The molecule has 0 aliphatic carbocycles. The average Bonchev–Trinajstić information content (AvgIpc) is 1.62. The minimum absolute atomic E-state index is 0.716. The second-order valence-corrected chi connectivity index (χ2v) is 32.5. The Bertz CT molecular complexity index is 3840. The molecular weight excluding hydrogens is 1350 g/mol. The molecule has 0 fully saturated rings. The van der Waals surface area contributed by atoms with Gasteiger partial charge in [0.2, 0.25) is 0 Å². The zero-order valence-electron chi connectivity index (χ0n) is 59.6. The molecule has 0 aliphatic heterocycles. The molecule has 0 amide bonds. The highest BCUT2D eigenvalue weighted by atomic mass is 32.1. The maximum atomic E-state index is 6.24. The van der Waals surface area contributed by atoms with E-state index < -0.39 is 0 Å². The van der Waals surface area contributed by atoms with Crippen LogP contribution in [0.4, 0.5) is 0 Å². The van der Waals surface area contributed by atoms with E-state index in [1.54, 1.807) is 22.7 Å². The average molecular weight is 1450 g/mol. The number of benzene rings is 3. The van der Waals surface area contributed by atoms with Crippen molar-refractivity contribution in [3.8, 4) is 40.4 Å². The smallest absolute Gasteiger partial charge is 0.114 e. The summed E-state index contributed by atoms with van der Waals surface area (Å²) < 4.78 is 34.6. The number of fused-ring (bicyclic) bond motifs is 1. The van der Waals surface area contributed by atoms with E-state index in [2.05, 4.69) is 198 Å². The number of hydrogen-bond donors (Lipinski definition) is 0. The second-order valence-electron chi connectivity index (χ2n) is 25.8. The van der Waals surface area contributed by atoms with E-state index in [4.69, 9.17) is 27.7 Å². The van der Waals surface area contributed by atoms with Gasteiger partial charge in [0, 0.05) is 86.3 Å². The minimum atomic E-state index is 0.716. The monoisotopic (exact) mass is 1450 g/mol. The Kier molecular flexibility index (Phi) is 32.4.